The average molecular weight is 210 g/mol. The summed E-state index contributed by atoms with van der Waals surface area (Å²) in [6.07, 6.45) is 4.04. The molecule has 1 saturated heterocycles. The van der Waals surface area contributed by atoms with Gasteiger partial charge in [-0.1, -0.05) is 6.07 Å². The molecule has 1 aliphatic rings. The lowest BCUT2D eigenvalue weighted by molar-refractivity contribution is 0.505. The Hall–Kier alpha value is -0.960. The SMILES string of the molecule is Fc1ccc(CCC2[CH]CNC2)cc1F. The highest BCUT2D eigenvalue weighted by Gasteiger charge is 2.14. The van der Waals surface area contributed by atoms with Gasteiger partial charge in [0.1, 0.15) is 0 Å². The van der Waals surface area contributed by atoms with Gasteiger partial charge in [0.2, 0.25) is 0 Å². The first-order valence-corrected chi connectivity index (χ1v) is 5.23. The minimum absolute atomic E-state index is 0.568. The Kier molecular flexibility index (Phi) is 3.31. The summed E-state index contributed by atoms with van der Waals surface area (Å²) in [5.41, 5.74) is 0.870. The summed E-state index contributed by atoms with van der Waals surface area (Å²) >= 11 is 0. The van der Waals surface area contributed by atoms with Crippen LogP contribution in [0.4, 0.5) is 8.78 Å². The molecule has 1 radical (unpaired) electrons. The molecular formula is C12H14F2N. The van der Waals surface area contributed by atoms with Gasteiger partial charge in [0.15, 0.2) is 11.6 Å². The Morgan fingerprint density at radius 3 is 2.80 bits per heavy atom. The summed E-state index contributed by atoms with van der Waals surface area (Å²) in [6.45, 7) is 1.96. The molecule has 0 bridgehead atoms. The number of hydrogen-bond donors (Lipinski definition) is 1. The van der Waals surface area contributed by atoms with Crippen molar-refractivity contribution in [2.75, 3.05) is 13.1 Å². The van der Waals surface area contributed by atoms with Crippen LogP contribution in [0.5, 0.6) is 0 Å². The van der Waals surface area contributed by atoms with E-state index in [0.717, 1.165) is 31.5 Å². The maximum Gasteiger partial charge on any atom is 0.159 e. The van der Waals surface area contributed by atoms with Crippen molar-refractivity contribution in [1.82, 2.24) is 5.32 Å². The third-order valence-electron chi connectivity index (χ3n) is 2.79. The fraction of sp³-hybridized carbons (Fsp3) is 0.417. The van der Waals surface area contributed by atoms with Gasteiger partial charge in [-0.05, 0) is 56.0 Å². The monoisotopic (exact) mass is 210 g/mol. The highest BCUT2D eigenvalue weighted by Crippen LogP contribution is 2.16. The minimum Gasteiger partial charge on any atom is -0.316 e. The third kappa shape index (κ3) is 2.75. The molecule has 1 aromatic rings. The van der Waals surface area contributed by atoms with Crippen LogP contribution in [0.1, 0.15) is 12.0 Å². The minimum atomic E-state index is -0.771. The van der Waals surface area contributed by atoms with E-state index in [1.165, 1.54) is 12.1 Å². The molecule has 1 heterocycles. The van der Waals surface area contributed by atoms with Crippen molar-refractivity contribution in [2.45, 2.75) is 12.8 Å². The van der Waals surface area contributed by atoms with E-state index >= 15 is 0 Å². The number of halogens is 2. The van der Waals surface area contributed by atoms with E-state index < -0.39 is 11.6 Å². The standard InChI is InChI=1S/C12H14F2N/c13-11-4-3-9(7-12(11)14)1-2-10-5-6-15-8-10/h3-5,7,10,15H,1-2,6,8H2. The second-order valence-electron chi connectivity index (χ2n) is 3.94. The van der Waals surface area contributed by atoms with Crippen molar-refractivity contribution >= 4 is 0 Å². The normalized spacial score (nSPS) is 20.8. The molecule has 2 rings (SSSR count). The van der Waals surface area contributed by atoms with E-state index in [2.05, 4.69) is 11.7 Å². The smallest absolute Gasteiger partial charge is 0.159 e. The first-order chi connectivity index (χ1) is 7.25. The van der Waals surface area contributed by atoms with Crippen LogP contribution in [0, 0.1) is 24.0 Å². The van der Waals surface area contributed by atoms with Crippen LogP contribution in [0.25, 0.3) is 0 Å². The molecule has 0 saturated carbocycles. The van der Waals surface area contributed by atoms with Crippen molar-refractivity contribution in [3.63, 3.8) is 0 Å². The number of aryl methyl sites for hydroxylation is 1. The summed E-state index contributed by atoms with van der Waals surface area (Å²) in [5.74, 6) is -0.952. The molecule has 0 aliphatic carbocycles. The van der Waals surface area contributed by atoms with Crippen LogP contribution < -0.4 is 5.32 Å². The molecule has 1 unspecified atom stereocenters. The third-order valence-corrected chi connectivity index (χ3v) is 2.79. The lowest BCUT2D eigenvalue weighted by Crippen LogP contribution is -2.09. The van der Waals surface area contributed by atoms with Crippen molar-refractivity contribution < 1.29 is 8.78 Å². The molecule has 1 aromatic carbocycles. The summed E-state index contributed by atoms with van der Waals surface area (Å²) in [6, 6.07) is 4.14. The van der Waals surface area contributed by atoms with Crippen LogP contribution in [-0.4, -0.2) is 13.1 Å². The van der Waals surface area contributed by atoms with Crippen LogP contribution in [0.15, 0.2) is 18.2 Å². The molecule has 81 valence electrons. The number of nitrogens with one attached hydrogen (secondary N) is 1. The fourth-order valence-corrected chi connectivity index (χ4v) is 1.87. The van der Waals surface area contributed by atoms with Crippen LogP contribution in [-0.2, 0) is 6.42 Å². The molecule has 0 aromatic heterocycles. The highest BCUT2D eigenvalue weighted by molar-refractivity contribution is 5.18. The molecule has 15 heavy (non-hydrogen) atoms. The zero-order chi connectivity index (χ0) is 10.7. The van der Waals surface area contributed by atoms with Gasteiger partial charge >= 0.3 is 0 Å². The summed E-state index contributed by atoms with van der Waals surface area (Å²) in [7, 11) is 0. The Bertz CT molecular complexity index is 332. The predicted molar refractivity (Wildman–Crippen MR) is 55.3 cm³/mol. The second kappa shape index (κ2) is 4.71. The molecule has 0 amide bonds. The average Bonchev–Trinajstić information content (AvgIpc) is 2.73. The highest BCUT2D eigenvalue weighted by atomic mass is 19.2. The first kappa shape index (κ1) is 10.6. The summed E-state index contributed by atoms with van der Waals surface area (Å²) in [4.78, 5) is 0. The van der Waals surface area contributed by atoms with Crippen LogP contribution in [0.3, 0.4) is 0 Å². The predicted octanol–water partition coefficient (Wildman–Crippen LogP) is 2.32. The second-order valence-corrected chi connectivity index (χ2v) is 3.94. The molecule has 0 spiro atoms. The van der Waals surface area contributed by atoms with Crippen LogP contribution >= 0.6 is 0 Å². The molecule has 1 nitrogen and oxygen atoms in total. The Morgan fingerprint density at radius 1 is 1.27 bits per heavy atom. The van der Waals surface area contributed by atoms with Gasteiger partial charge in [0.25, 0.3) is 0 Å². The topological polar surface area (TPSA) is 12.0 Å². The summed E-state index contributed by atoms with van der Waals surface area (Å²) < 4.78 is 25.5. The van der Waals surface area contributed by atoms with Gasteiger partial charge < -0.3 is 5.32 Å². The van der Waals surface area contributed by atoms with E-state index in [1.807, 2.05) is 0 Å². The zero-order valence-corrected chi connectivity index (χ0v) is 8.47. The Morgan fingerprint density at radius 2 is 2.13 bits per heavy atom. The molecule has 1 fully saturated rings. The van der Waals surface area contributed by atoms with Crippen LogP contribution in [0.2, 0.25) is 0 Å². The van der Waals surface area contributed by atoms with E-state index in [-0.39, 0.29) is 0 Å². The molecular weight excluding hydrogens is 196 g/mol. The molecule has 1 N–H and O–H groups in total. The lowest BCUT2D eigenvalue weighted by Gasteiger charge is -2.07. The Balaban J connectivity index is 1.90. The van der Waals surface area contributed by atoms with Gasteiger partial charge in [-0.25, -0.2) is 8.78 Å². The van der Waals surface area contributed by atoms with Gasteiger partial charge in [0.05, 0.1) is 0 Å². The van der Waals surface area contributed by atoms with Crippen molar-refractivity contribution in [1.29, 1.82) is 0 Å². The number of hydrogen-bond acceptors (Lipinski definition) is 1. The Labute approximate surface area is 88.5 Å². The lowest BCUT2D eigenvalue weighted by atomic mass is 9.99. The number of rotatable bonds is 3. The van der Waals surface area contributed by atoms with E-state index in [1.54, 1.807) is 6.07 Å². The maximum atomic E-state index is 12.9. The van der Waals surface area contributed by atoms with Gasteiger partial charge in [0, 0.05) is 0 Å². The zero-order valence-electron chi connectivity index (χ0n) is 8.47. The molecule has 3 heteroatoms. The van der Waals surface area contributed by atoms with Gasteiger partial charge in [-0.2, -0.15) is 0 Å². The van der Waals surface area contributed by atoms with E-state index in [0.29, 0.717) is 5.92 Å². The van der Waals surface area contributed by atoms with Crippen molar-refractivity contribution in [3.05, 3.63) is 41.8 Å². The summed E-state index contributed by atoms with van der Waals surface area (Å²) in [5, 5.41) is 3.24. The van der Waals surface area contributed by atoms with E-state index in [4.69, 9.17) is 0 Å². The largest absolute Gasteiger partial charge is 0.316 e. The van der Waals surface area contributed by atoms with Gasteiger partial charge in [-0.3, -0.25) is 0 Å². The first-order valence-electron chi connectivity index (χ1n) is 5.23. The maximum absolute atomic E-state index is 12.9. The van der Waals surface area contributed by atoms with E-state index in [9.17, 15) is 8.78 Å². The van der Waals surface area contributed by atoms with Gasteiger partial charge in [-0.15, -0.1) is 0 Å². The van der Waals surface area contributed by atoms with Crippen molar-refractivity contribution in [3.8, 4) is 0 Å². The molecule has 1 atom stereocenters. The fourth-order valence-electron chi connectivity index (χ4n) is 1.87. The van der Waals surface area contributed by atoms with Crippen molar-refractivity contribution in [2.24, 2.45) is 5.92 Å². The molecule has 1 aliphatic heterocycles. The number of benzene rings is 1. The quantitative estimate of drug-likeness (QED) is 0.807.